The van der Waals surface area contributed by atoms with Gasteiger partial charge in [0.1, 0.15) is 0 Å². The molecular weight excluding hydrogens is 764 g/mol. The summed E-state index contributed by atoms with van der Waals surface area (Å²) in [6.45, 7) is 0. The molecule has 0 bridgehead atoms. The van der Waals surface area contributed by atoms with Gasteiger partial charge < -0.3 is 0 Å². The number of hydrogen-bond acceptors (Lipinski definition) is 0. The van der Waals surface area contributed by atoms with Gasteiger partial charge in [0.2, 0.25) is 0 Å². The van der Waals surface area contributed by atoms with Crippen molar-refractivity contribution in [3.05, 3.63) is 283 Å². The molecule has 0 aromatic rings. The third kappa shape index (κ3) is 21.6. The molecule has 0 aromatic heterocycles. The van der Waals surface area contributed by atoms with Crippen molar-refractivity contribution in [2.75, 3.05) is 0 Å². The predicted molar refractivity (Wildman–Crippen MR) is 185 cm³/mol. The Bertz CT molecular complexity index is 711. The maximum Gasteiger partial charge on any atom is 0.0175 e. The summed E-state index contributed by atoms with van der Waals surface area (Å²) >= 11 is 0. The largest absolute Gasteiger partial charge is 0.0610 e. The Labute approximate surface area is 348 Å². The zero-order valence-electron chi connectivity index (χ0n) is 26.7. The molecule has 0 spiro atoms. The molecule has 0 atom stereocenters. The molecule has 8 saturated carbocycles. The van der Waals surface area contributed by atoms with Crippen molar-refractivity contribution in [1.82, 2.24) is 0 Å². The molecule has 0 unspecified atom stereocenters. The Morgan fingerprint density at radius 3 is 0.510 bits per heavy atom. The SMILES string of the molecule is C(=C=C([C]1[CH][CH][CH][CH]1)[C]1[CH][CH][CH][CH]1)=C=C([C]1[CH][CH][CH][CH]1)[C]1[CH][CH][CH][CH]1.[CH]1[CH][CH][CH][CH]1.[CH]1[CH][CH][CH][CH]1.[CH]1[CH][CH][CH][CH]1.[CH]1[CH][CH][CH][CH]1.[Fe].[Fe].[Fe].[Fe]. The van der Waals surface area contributed by atoms with Crippen LogP contribution in [0.15, 0.2) is 28.3 Å². The average Bonchev–Trinajstić information content (AvgIpc) is 3.94. The normalized spacial score (nSPS) is 23.0. The van der Waals surface area contributed by atoms with Crippen molar-refractivity contribution in [2.24, 2.45) is 0 Å². The van der Waals surface area contributed by atoms with Gasteiger partial charge in [-0.25, -0.2) is 0 Å². The third-order valence-electron chi connectivity index (χ3n) is 6.40. The summed E-state index contributed by atoms with van der Waals surface area (Å²) < 4.78 is 0. The van der Waals surface area contributed by atoms with Crippen LogP contribution >= 0.6 is 0 Å². The van der Waals surface area contributed by atoms with Gasteiger partial charge in [-0.1, -0.05) is 11.5 Å². The van der Waals surface area contributed by atoms with Crippen LogP contribution in [-0.4, -0.2) is 0 Å². The van der Waals surface area contributed by atoms with Crippen molar-refractivity contribution in [3.63, 3.8) is 0 Å². The van der Waals surface area contributed by atoms with Gasteiger partial charge in [0.15, 0.2) is 0 Å². The minimum Gasteiger partial charge on any atom is -0.0610 e. The summed E-state index contributed by atoms with van der Waals surface area (Å²) in [7, 11) is 0. The molecule has 8 rings (SSSR count). The van der Waals surface area contributed by atoms with Gasteiger partial charge in [0, 0.05) is 91.9 Å². The number of allylic oxidation sites excluding steroid dienone is 2. The van der Waals surface area contributed by atoms with E-state index in [9.17, 15) is 0 Å². The van der Waals surface area contributed by atoms with Gasteiger partial charge in [-0.05, 0) is 248 Å². The minimum absolute atomic E-state index is 0. The van der Waals surface area contributed by atoms with Crippen LogP contribution < -0.4 is 0 Å². The molecule has 4 heteroatoms. The summed E-state index contributed by atoms with van der Waals surface area (Å²) in [5.41, 5.74) is 11.9. The molecule has 8 aliphatic carbocycles. The standard InChI is InChI=1S/C25H16.4C5H5.4Fe/c1-2-11-20(10-1)24(21-12-3-4-13-21)18-9-19-25(22-14-5-6-15-22)23-16-7-8-17-23;4*1-2-4-5-3-1;;;;/h1-8,10-17H;4*1-5H;;;;. The summed E-state index contributed by atoms with van der Waals surface area (Å²) in [6.07, 6.45) is 73.1. The van der Waals surface area contributed by atoms with Gasteiger partial charge in [-0.2, -0.15) is 0 Å². The monoisotopic (exact) mass is 800 g/mol. The van der Waals surface area contributed by atoms with Gasteiger partial charge in [-0.15, -0.1) is 0 Å². The van der Waals surface area contributed by atoms with Crippen molar-refractivity contribution in [3.8, 4) is 0 Å². The summed E-state index contributed by atoms with van der Waals surface area (Å²) in [4.78, 5) is 0. The predicted octanol–water partition coefficient (Wildman–Crippen LogP) is 8.45. The van der Waals surface area contributed by atoms with Crippen molar-refractivity contribution in [1.29, 1.82) is 0 Å². The molecule has 0 aliphatic heterocycles. The molecule has 0 amide bonds. The van der Waals surface area contributed by atoms with E-state index in [-0.39, 0.29) is 68.3 Å². The first-order chi connectivity index (χ1) is 22.4. The van der Waals surface area contributed by atoms with Crippen LogP contribution in [0.4, 0.5) is 0 Å². The van der Waals surface area contributed by atoms with Crippen molar-refractivity contribution < 1.29 is 68.3 Å². The first kappa shape index (κ1) is 50.2. The Hall–Kier alpha value is 1.16. The number of hydrogen-bond donors (Lipinski definition) is 0. The molecule has 0 aromatic carbocycles. The Morgan fingerprint density at radius 2 is 0.367 bits per heavy atom. The van der Waals surface area contributed by atoms with E-state index in [4.69, 9.17) is 0 Å². The van der Waals surface area contributed by atoms with E-state index in [1.54, 1.807) is 0 Å². The Kier molecular flexibility index (Phi) is 34.5. The summed E-state index contributed by atoms with van der Waals surface area (Å²) in [5, 5.41) is 0. The van der Waals surface area contributed by atoms with Crippen molar-refractivity contribution in [2.45, 2.75) is 0 Å². The quantitative estimate of drug-likeness (QED) is 0.198. The molecule has 0 saturated heterocycles. The van der Waals surface area contributed by atoms with Crippen LogP contribution in [0.1, 0.15) is 0 Å². The van der Waals surface area contributed by atoms with Crippen LogP contribution in [0.25, 0.3) is 0 Å². The third-order valence-corrected chi connectivity index (χ3v) is 6.40. The number of rotatable bonds is 4. The molecule has 8 aliphatic rings. The van der Waals surface area contributed by atoms with Gasteiger partial charge >= 0.3 is 0 Å². The zero-order chi connectivity index (χ0) is 31.0. The molecule has 8 fully saturated rings. The smallest absolute Gasteiger partial charge is 0.0175 e. The fraction of sp³-hybridized carbons (Fsp3) is 0. The molecule has 0 nitrogen and oxygen atoms in total. The van der Waals surface area contributed by atoms with Crippen LogP contribution in [0.2, 0.25) is 0 Å². The second kappa shape index (κ2) is 33.7. The first-order valence-electron chi connectivity index (χ1n) is 15.0. The summed E-state index contributed by atoms with van der Waals surface area (Å²) in [5.74, 6) is 4.57. The molecule has 49 heavy (non-hydrogen) atoms. The fourth-order valence-corrected chi connectivity index (χ4v) is 4.22. The first-order valence-corrected chi connectivity index (χ1v) is 15.0. The van der Waals surface area contributed by atoms with E-state index in [2.05, 4.69) is 68.6 Å². The average molecular weight is 800 g/mol. The Morgan fingerprint density at radius 1 is 0.224 bits per heavy atom. The second-order valence-corrected chi connectivity index (χ2v) is 9.67. The van der Waals surface area contributed by atoms with E-state index in [1.165, 1.54) is 0 Å². The molecule has 248 valence electrons. The van der Waals surface area contributed by atoms with E-state index in [0.29, 0.717) is 0 Å². The Balaban J connectivity index is 0.000000778. The molecule has 0 heterocycles. The van der Waals surface area contributed by atoms with Crippen LogP contribution in [0.3, 0.4) is 0 Å². The molecular formula is C45H36Fe4. The van der Waals surface area contributed by atoms with Crippen LogP contribution in [0, 0.1) is 255 Å². The van der Waals surface area contributed by atoms with Crippen LogP contribution in [-0.2, 0) is 68.3 Å². The second-order valence-electron chi connectivity index (χ2n) is 9.67. The maximum absolute atomic E-state index is 3.31. The summed E-state index contributed by atoms with van der Waals surface area (Å²) in [6, 6.07) is 0. The maximum atomic E-state index is 3.31. The van der Waals surface area contributed by atoms with Crippen molar-refractivity contribution >= 4 is 0 Å². The molecule has 40 radical (unpaired) electrons. The fourth-order valence-electron chi connectivity index (χ4n) is 4.22. The zero-order valence-corrected chi connectivity index (χ0v) is 31.1. The van der Waals surface area contributed by atoms with Gasteiger partial charge in [0.25, 0.3) is 0 Å². The minimum atomic E-state index is 0. The molecule has 0 N–H and O–H groups in total. The van der Waals surface area contributed by atoms with E-state index < -0.39 is 0 Å². The topological polar surface area (TPSA) is 0 Å². The van der Waals surface area contributed by atoms with E-state index in [0.717, 1.165) is 34.8 Å². The van der Waals surface area contributed by atoms with Gasteiger partial charge in [-0.3, -0.25) is 0 Å². The van der Waals surface area contributed by atoms with E-state index >= 15 is 0 Å². The van der Waals surface area contributed by atoms with Crippen LogP contribution in [0.5, 0.6) is 0 Å². The van der Waals surface area contributed by atoms with E-state index in [1.807, 2.05) is 180 Å². The van der Waals surface area contributed by atoms with Gasteiger partial charge in [0.05, 0.1) is 0 Å².